The minimum absolute atomic E-state index is 0.0895. The molecule has 0 fully saturated rings. The van der Waals surface area contributed by atoms with Crippen LogP contribution in [0, 0.1) is 10.1 Å². The van der Waals surface area contributed by atoms with Crippen LogP contribution in [0.15, 0.2) is 54.6 Å². The lowest BCUT2D eigenvalue weighted by Crippen LogP contribution is -2.26. The molecular formula is C17H20N2O3. The third-order valence-corrected chi connectivity index (χ3v) is 3.47. The van der Waals surface area contributed by atoms with Crippen molar-refractivity contribution in [2.24, 2.45) is 0 Å². The van der Waals surface area contributed by atoms with E-state index in [0.29, 0.717) is 19.5 Å². The van der Waals surface area contributed by atoms with Gasteiger partial charge in [0.25, 0.3) is 5.69 Å². The molecule has 2 N–H and O–H groups in total. The molecular weight excluding hydrogens is 280 g/mol. The Morgan fingerprint density at radius 3 is 2.36 bits per heavy atom. The Balaban J connectivity index is 1.68. The highest BCUT2D eigenvalue weighted by Gasteiger charge is 2.06. The van der Waals surface area contributed by atoms with Crippen LogP contribution in [0.3, 0.4) is 0 Å². The van der Waals surface area contributed by atoms with Crippen molar-refractivity contribution in [3.63, 3.8) is 0 Å². The molecule has 0 aliphatic heterocycles. The summed E-state index contributed by atoms with van der Waals surface area (Å²) < 4.78 is 0. The molecule has 0 heterocycles. The zero-order valence-corrected chi connectivity index (χ0v) is 12.3. The molecule has 0 aliphatic carbocycles. The summed E-state index contributed by atoms with van der Waals surface area (Å²) >= 11 is 0. The zero-order chi connectivity index (χ0) is 15.8. The number of rotatable bonds is 8. The first kappa shape index (κ1) is 16.1. The Morgan fingerprint density at radius 2 is 1.73 bits per heavy atom. The van der Waals surface area contributed by atoms with Gasteiger partial charge >= 0.3 is 0 Å². The molecule has 116 valence electrons. The number of hydrogen-bond acceptors (Lipinski definition) is 4. The van der Waals surface area contributed by atoms with Gasteiger partial charge in [-0.25, -0.2) is 0 Å². The van der Waals surface area contributed by atoms with Crippen molar-refractivity contribution in [3.8, 4) is 0 Å². The zero-order valence-electron chi connectivity index (χ0n) is 12.3. The first-order valence-electron chi connectivity index (χ1n) is 7.31. The number of benzene rings is 2. The van der Waals surface area contributed by atoms with Gasteiger partial charge in [0, 0.05) is 25.2 Å². The number of aliphatic hydroxyl groups is 1. The molecule has 2 aromatic carbocycles. The fraction of sp³-hybridized carbons (Fsp3) is 0.294. The van der Waals surface area contributed by atoms with Crippen LogP contribution in [-0.4, -0.2) is 22.7 Å². The Labute approximate surface area is 129 Å². The first-order chi connectivity index (χ1) is 10.6. The van der Waals surface area contributed by atoms with Crippen LogP contribution in [0.1, 0.15) is 17.5 Å². The highest BCUT2D eigenvalue weighted by molar-refractivity contribution is 5.32. The molecule has 0 bridgehead atoms. The van der Waals surface area contributed by atoms with Gasteiger partial charge in [-0.2, -0.15) is 0 Å². The van der Waals surface area contributed by atoms with Crippen LogP contribution >= 0.6 is 0 Å². The van der Waals surface area contributed by atoms with Gasteiger partial charge in [0.15, 0.2) is 0 Å². The number of nitrogens with zero attached hydrogens (tertiary/aromatic N) is 1. The maximum Gasteiger partial charge on any atom is 0.269 e. The molecule has 0 spiro atoms. The molecule has 0 saturated heterocycles. The second-order valence-electron chi connectivity index (χ2n) is 5.23. The second kappa shape index (κ2) is 8.26. The summed E-state index contributed by atoms with van der Waals surface area (Å²) in [6, 6.07) is 16.5. The molecule has 0 amide bonds. The van der Waals surface area contributed by atoms with E-state index >= 15 is 0 Å². The Hall–Kier alpha value is -2.24. The van der Waals surface area contributed by atoms with Crippen molar-refractivity contribution < 1.29 is 10.0 Å². The van der Waals surface area contributed by atoms with Crippen LogP contribution in [0.25, 0.3) is 0 Å². The van der Waals surface area contributed by atoms with Gasteiger partial charge in [0.2, 0.25) is 0 Å². The smallest absolute Gasteiger partial charge is 0.269 e. The molecule has 1 unspecified atom stereocenters. The van der Waals surface area contributed by atoms with Crippen LogP contribution in [0.4, 0.5) is 5.69 Å². The molecule has 2 rings (SSSR count). The van der Waals surface area contributed by atoms with E-state index in [1.807, 2.05) is 18.2 Å². The highest BCUT2D eigenvalue weighted by Crippen LogP contribution is 2.11. The van der Waals surface area contributed by atoms with Gasteiger partial charge in [-0.15, -0.1) is 0 Å². The summed E-state index contributed by atoms with van der Waals surface area (Å²) in [7, 11) is 0. The summed E-state index contributed by atoms with van der Waals surface area (Å²) in [4.78, 5) is 10.1. The summed E-state index contributed by atoms with van der Waals surface area (Å²) in [6.45, 7) is 1.09. The highest BCUT2D eigenvalue weighted by atomic mass is 16.6. The summed E-state index contributed by atoms with van der Waals surface area (Å²) in [5, 5.41) is 23.7. The third-order valence-electron chi connectivity index (χ3n) is 3.47. The van der Waals surface area contributed by atoms with E-state index in [-0.39, 0.29) is 5.69 Å². The van der Waals surface area contributed by atoms with Crippen LogP contribution in [0.2, 0.25) is 0 Å². The van der Waals surface area contributed by atoms with E-state index in [2.05, 4.69) is 17.4 Å². The van der Waals surface area contributed by atoms with Crippen molar-refractivity contribution >= 4 is 5.69 Å². The van der Waals surface area contributed by atoms with Crippen molar-refractivity contribution in [3.05, 3.63) is 75.8 Å². The third kappa shape index (κ3) is 5.27. The minimum atomic E-state index is -0.412. The molecule has 0 aromatic heterocycles. The number of nitro groups is 1. The van der Waals surface area contributed by atoms with Crippen molar-refractivity contribution in [2.75, 3.05) is 6.54 Å². The number of non-ortho nitro benzene ring substituents is 1. The molecule has 22 heavy (non-hydrogen) atoms. The minimum Gasteiger partial charge on any atom is -0.392 e. The van der Waals surface area contributed by atoms with Gasteiger partial charge in [0.1, 0.15) is 0 Å². The lowest BCUT2D eigenvalue weighted by Gasteiger charge is -2.12. The van der Waals surface area contributed by atoms with Gasteiger partial charge in [0.05, 0.1) is 11.0 Å². The van der Waals surface area contributed by atoms with Crippen LogP contribution < -0.4 is 5.32 Å². The predicted octanol–water partition coefficient (Wildman–Crippen LogP) is 2.68. The van der Waals surface area contributed by atoms with Crippen LogP contribution in [0.5, 0.6) is 0 Å². The van der Waals surface area contributed by atoms with Crippen molar-refractivity contribution in [1.82, 2.24) is 5.32 Å². The largest absolute Gasteiger partial charge is 0.392 e. The van der Waals surface area contributed by atoms with Gasteiger partial charge in [-0.1, -0.05) is 42.5 Å². The average molecular weight is 300 g/mol. The maximum absolute atomic E-state index is 10.6. The number of aryl methyl sites for hydroxylation is 1. The monoisotopic (exact) mass is 300 g/mol. The molecule has 2 aromatic rings. The topological polar surface area (TPSA) is 75.4 Å². The molecule has 5 heteroatoms. The Morgan fingerprint density at radius 1 is 1.05 bits per heavy atom. The summed E-state index contributed by atoms with van der Waals surface area (Å²) in [5.41, 5.74) is 2.27. The first-order valence-corrected chi connectivity index (χ1v) is 7.31. The van der Waals surface area contributed by atoms with Gasteiger partial charge in [-0.05, 0) is 24.0 Å². The molecule has 0 aliphatic rings. The van der Waals surface area contributed by atoms with Gasteiger partial charge in [-0.3, -0.25) is 10.1 Å². The van der Waals surface area contributed by atoms with E-state index in [1.165, 1.54) is 17.7 Å². The van der Waals surface area contributed by atoms with Crippen molar-refractivity contribution in [2.45, 2.75) is 25.5 Å². The standard InChI is InChI=1S/C17H20N2O3/c20-17(11-8-14-4-2-1-3-5-14)13-18-12-15-6-9-16(10-7-15)19(21)22/h1-7,9-10,17-18,20H,8,11-13H2. The van der Waals surface area contributed by atoms with E-state index < -0.39 is 11.0 Å². The average Bonchev–Trinajstić information content (AvgIpc) is 2.54. The number of aliphatic hydroxyl groups excluding tert-OH is 1. The number of nitrogens with one attached hydrogen (secondary N) is 1. The maximum atomic E-state index is 10.6. The van der Waals surface area contributed by atoms with E-state index in [1.54, 1.807) is 12.1 Å². The lowest BCUT2D eigenvalue weighted by atomic mass is 10.1. The molecule has 1 atom stereocenters. The quantitative estimate of drug-likeness (QED) is 0.580. The van der Waals surface area contributed by atoms with E-state index in [0.717, 1.165) is 12.0 Å². The number of hydrogen-bond donors (Lipinski definition) is 2. The molecule has 5 nitrogen and oxygen atoms in total. The fourth-order valence-electron chi connectivity index (χ4n) is 2.20. The van der Waals surface area contributed by atoms with Crippen LogP contribution in [-0.2, 0) is 13.0 Å². The lowest BCUT2D eigenvalue weighted by molar-refractivity contribution is -0.384. The van der Waals surface area contributed by atoms with E-state index in [9.17, 15) is 15.2 Å². The SMILES string of the molecule is O=[N+]([O-])c1ccc(CNCC(O)CCc2ccccc2)cc1. The fourth-order valence-corrected chi connectivity index (χ4v) is 2.20. The Bertz CT molecular complexity index is 585. The Kier molecular flexibility index (Phi) is 6.06. The number of nitro benzene ring substituents is 1. The summed E-state index contributed by atoms with van der Waals surface area (Å²) in [5.74, 6) is 0. The van der Waals surface area contributed by atoms with Gasteiger partial charge < -0.3 is 10.4 Å². The van der Waals surface area contributed by atoms with E-state index in [4.69, 9.17) is 0 Å². The normalized spacial score (nSPS) is 12.0. The predicted molar refractivity (Wildman–Crippen MR) is 85.6 cm³/mol. The van der Waals surface area contributed by atoms with Crippen molar-refractivity contribution in [1.29, 1.82) is 0 Å². The summed E-state index contributed by atoms with van der Waals surface area (Å²) in [6.07, 6.45) is 1.15. The second-order valence-corrected chi connectivity index (χ2v) is 5.23. The molecule has 0 radical (unpaired) electrons. The molecule has 0 saturated carbocycles.